The van der Waals surface area contributed by atoms with Gasteiger partial charge in [0.05, 0.1) is 6.04 Å². The minimum atomic E-state index is 0. The Morgan fingerprint density at radius 3 is 2.69 bits per heavy atom. The first-order valence-corrected chi connectivity index (χ1v) is 6.29. The lowest BCUT2D eigenvalue weighted by molar-refractivity contribution is -0.123. The number of nitrogens with one attached hydrogen (secondary N) is 2. The molecule has 1 saturated heterocycles. The maximum atomic E-state index is 11.8. The van der Waals surface area contributed by atoms with Crippen molar-refractivity contribution in [3.05, 3.63) is 0 Å². The van der Waals surface area contributed by atoms with Crippen molar-refractivity contribution in [1.29, 1.82) is 0 Å². The number of halogens is 1. The topological polar surface area (TPSA) is 41.1 Å². The van der Waals surface area contributed by atoms with E-state index in [4.69, 9.17) is 0 Å². The molecule has 0 aromatic heterocycles. The number of amides is 1. The zero-order chi connectivity index (χ0) is 10.7. The van der Waals surface area contributed by atoms with Crippen molar-refractivity contribution in [2.24, 2.45) is 5.92 Å². The van der Waals surface area contributed by atoms with Gasteiger partial charge in [-0.2, -0.15) is 0 Å². The number of rotatable bonds is 2. The van der Waals surface area contributed by atoms with Crippen LogP contribution in [0.15, 0.2) is 0 Å². The average molecular weight is 247 g/mol. The van der Waals surface area contributed by atoms with Crippen LogP contribution in [0.4, 0.5) is 0 Å². The number of carbonyl (C=O) groups is 1. The van der Waals surface area contributed by atoms with Gasteiger partial charge in [0.15, 0.2) is 0 Å². The van der Waals surface area contributed by atoms with E-state index in [0.29, 0.717) is 6.04 Å². The molecule has 0 aromatic rings. The predicted molar refractivity (Wildman–Crippen MR) is 67.8 cm³/mol. The Kier molecular flexibility index (Phi) is 5.56. The lowest BCUT2D eigenvalue weighted by atomic mass is 9.87. The van der Waals surface area contributed by atoms with Gasteiger partial charge in [-0.3, -0.25) is 4.79 Å². The molecule has 94 valence electrons. The van der Waals surface area contributed by atoms with E-state index in [1.54, 1.807) is 0 Å². The van der Waals surface area contributed by atoms with Gasteiger partial charge in [-0.05, 0) is 38.1 Å². The molecule has 0 bridgehead atoms. The van der Waals surface area contributed by atoms with Gasteiger partial charge in [0.2, 0.25) is 5.91 Å². The van der Waals surface area contributed by atoms with Crippen LogP contribution in [0.3, 0.4) is 0 Å². The summed E-state index contributed by atoms with van der Waals surface area (Å²) in [6.07, 6.45) is 7.08. The molecule has 3 atom stereocenters. The quantitative estimate of drug-likeness (QED) is 0.781. The second-order valence-electron chi connectivity index (χ2n) is 5.13. The van der Waals surface area contributed by atoms with Gasteiger partial charge in [0.25, 0.3) is 0 Å². The van der Waals surface area contributed by atoms with Crippen molar-refractivity contribution in [2.75, 3.05) is 6.54 Å². The summed E-state index contributed by atoms with van der Waals surface area (Å²) in [5, 5.41) is 6.43. The summed E-state index contributed by atoms with van der Waals surface area (Å²) >= 11 is 0. The smallest absolute Gasteiger partial charge is 0.237 e. The first-order valence-electron chi connectivity index (χ1n) is 6.29. The molecule has 0 radical (unpaired) electrons. The third-order valence-corrected chi connectivity index (χ3v) is 3.66. The summed E-state index contributed by atoms with van der Waals surface area (Å²) in [6.45, 7) is 3.28. The second kappa shape index (κ2) is 6.45. The van der Waals surface area contributed by atoms with Crippen molar-refractivity contribution in [1.82, 2.24) is 10.6 Å². The standard InChI is InChI=1S/C12H22N2O.ClH/c1-9-4-2-5-10(8-9)14-12(15)11-6-3-7-13-11;/h9-11,13H,2-8H2,1H3,(H,14,15);1H. The normalized spacial score (nSPS) is 34.2. The molecule has 4 heteroatoms. The van der Waals surface area contributed by atoms with Crippen molar-refractivity contribution in [3.8, 4) is 0 Å². The molecule has 2 fully saturated rings. The maximum Gasteiger partial charge on any atom is 0.237 e. The molecule has 3 unspecified atom stereocenters. The van der Waals surface area contributed by atoms with Gasteiger partial charge < -0.3 is 10.6 Å². The number of hydrogen-bond donors (Lipinski definition) is 2. The van der Waals surface area contributed by atoms with E-state index in [1.165, 1.54) is 25.7 Å². The minimum Gasteiger partial charge on any atom is -0.352 e. The van der Waals surface area contributed by atoms with E-state index in [1.807, 2.05) is 0 Å². The van der Waals surface area contributed by atoms with E-state index >= 15 is 0 Å². The zero-order valence-electron chi connectivity index (χ0n) is 10.00. The molecule has 0 aromatic carbocycles. The molecule has 2 rings (SSSR count). The van der Waals surface area contributed by atoms with Crippen molar-refractivity contribution in [2.45, 2.75) is 57.5 Å². The Morgan fingerprint density at radius 1 is 1.25 bits per heavy atom. The molecule has 1 aliphatic carbocycles. The Balaban J connectivity index is 0.00000128. The van der Waals surface area contributed by atoms with Crippen LogP contribution in [0.25, 0.3) is 0 Å². The lowest BCUT2D eigenvalue weighted by Crippen LogP contribution is -2.46. The third kappa shape index (κ3) is 3.63. The summed E-state index contributed by atoms with van der Waals surface area (Å²) in [4.78, 5) is 11.8. The van der Waals surface area contributed by atoms with Crippen LogP contribution in [-0.2, 0) is 4.79 Å². The third-order valence-electron chi connectivity index (χ3n) is 3.66. The van der Waals surface area contributed by atoms with Crippen LogP contribution in [0.2, 0.25) is 0 Å². The van der Waals surface area contributed by atoms with Crippen LogP contribution in [0.5, 0.6) is 0 Å². The van der Waals surface area contributed by atoms with Crippen molar-refractivity contribution >= 4 is 18.3 Å². The van der Waals surface area contributed by atoms with E-state index in [-0.39, 0.29) is 24.4 Å². The lowest BCUT2D eigenvalue weighted by Gasteiger charge is -2.28. The Bertz CT molecular complexity index is 229. The molecule has 16 heavy (non-hydrogen) atoms. The van der Waals surface area contributed by atoms with Gasteiger partial charge in [0.1, 0.15) is 0 Å². The van der Waals surface area contributed by atoms with Gasteiger partial charge in [0, 0.05) is 6.04 Å². The highest BCUT2D eigenvalue weighted by molar-refractivity contribution is 5.85. The Labute approximate surface area is 104 Å². The molecule has 1 heterocycles. The molecule has 1 saturated carbocycles. The highest BCUT2D eigenvalue weighted by atomic mass is 35.5. The monoisotopic (exact) mass is 246 g/mol. The van der Waals surface area contributed by atoms with Crippen LogP contribution in [0, 0.1) is 5.92 Å². The van der Waals surface area contributed by atoms with E-state index < -0.39 is 0 Å². The van der Waals surface area contributed by atoms with Gasteiger partial charge in [-0.25, -0.2) is 0 Å². The van der Waals surface area contributed by atoms with Crippen LogP contribution in [0.1, 0.15) is 45.4 Å². The summed E-state index contributed by atoms with van der Waals surface area (Å²) in [7, 11) is 0. The van der Waals surface area contributed by atoms with E-state index in [0.717, 1.165) is 25.3 Å². The molecular formula is C12H23ClN2O. The highest BCUT2D eigenvalue weighted by Gasteiger charge is 2.26. The summed E-state index contributed by atoms with van der Waals surface area (Å²) < 4.78 is 0. The second-order valence-corrected chi connectivity index (χ2v) is 5.13. The van der Waals surface area contributed by atoms with Gasteiger partial charge in [-0.1, -0.05) is 19.8 Å². The SMILES string of the molecule is CC1CCCC(NC(=O)C2CCCN2)C1.Cl. The van der Waals surface area contributed by atoms with E-state index in [9.17, 15) is 4.79 Å². The predicted octanol–water partition coefficient (Wildman–Crippen LogP) is 1.86. The first kappa shape index (κ1) is 13.8. The van der Waals surface area contributed by atoms with Gasteiger partial charge >= 0.3 is 0 Å². The molecule has 2 N–H and O–H groups in total. The highest BCUT2D eigenvalue weighted by Crippen LogP contribution is 2.23. The summed E-state index contributed by atoms with van der Waals surface area (Å²) in [5.74, 6) is 1.01. The molecule has 3 nitrogen and oxygen atoms in total. The molecule has 2 aliphatic rings. The Morgan fingerprint density at radius 2 is 2.06 bits per heavy atom. The number of carbonyl (C=O) groups excluding carboxylic acids is 1. The first-order chi connectivity index (χ1) is 7.25. The average Bonchev–Trinajstić information content (AvgIpc) is 2.70. The fourth-order valence-corrected chi connectivity index (χ4v) is 2.78. The summed E-state index contributed by atoms with van der Waals surface area (Å²) in [6, 6.07) is 0.519. The Hall–Kier alpha value is -0.280. The van der Waals surface area contributed by atoms with Gasteiger partial charge in [-0.15, -0.1) is 12.4 Å². The largest absolute Gasteiger partial charge is 0.352 e. The summed E-state index contributed by atoms with van der Waals surface area (Å²) in [5.41, 5.74) is 0. The number of hydrogen-bond acceptors (Lipinski definition) is 2. The van der Waals surface area contributed by atoms with Crippen LogP contribution < -0.4 is 10.6 Å². The van der Waals surface area contributed by atoms with E-state index in [2.05, 4.69) is 17.6 Å². The molecular weight excluding hydrogens is 224 g/mol. The molecule has 1 amide bonds. The van der Waals surface area contributed by atoms with Crippen molar-refractivity contribution in [3.63, 3.8) is 0 Å². The minimum absolute atomic E-state index is 0. The van der Waals surface area contributed by atoms with Crippen molar-refractivity contribution < 1.29 is 4.79 Å². The maximum absolute atomic E-state index is 11.8. The van der Waals surface area contributed by atoms with Crippen LogP contribution in [-0.4, -0.2) is 24.5 Å². The fourth-order valence-electron chi connectivity index (χ4n) is 2.78. The zero-order valence-corrected chi connectivity index (χ0v) is 10.8. The molecule has 0 spiro atoms. The van der Waals surface area contributed by atoms with Crippen LogP contribution >= 0.6 is 12.4 Å². The fraction of sp³-hybridized carbons (Fsp3) is 0.917. The molecule has 1 aliphatic heterocycles.